The van der Waals surface area contributed by atoms with Crippen molar-refractivity contribution in [1.29, 1.82) is 0 Å². The van der Waals surface area contributed by atoms with Gasteiger partial charge in [0.25, 0.3) is 0 Å². The maximum absolute atomic E-state index is 5.94. The third-order valence-electron chi connectivity index (χ3n) is 3.75. The van der Waals surface area contributed by atoms with Crippen LogP contribution in [0.5, 0.6) is 5.88 Å². The molecule has 0 atom stereocenters. The lowest BCUT2D eigenvalue weighted by Gasteiger charge is -2.15. The fraction of sp³-hybridized carbons (Fsp3) is 0.647. The lowest BCUT2D eigenvalue weighted by molar-refractivity contribution is 0.201. The summed E-state index contributed by atoms with van der Waals surface area (Å²) in [4.78, 5) is 8.54. The topological polar surface area (TPSA) is 58.5 Å². The third kappa shape index (κ3) is 5.54. The maximum Gasteiger partial charge on any atom is 0.213 e. The van der Waals surface area contributed by atoms with Crippen LogP contribution in [0.15, 0.2) is 23.3 Å². The highest BCUT2D eigenvalue weighted by Gasteiger charge is 2.17. The Bertz CT molecular complexity index is 481. The summed E-state index contributed by atoms with van der Waals surface area (Å²) in [5.74, 6) is 2.14. The first-order chi connectivity index (χ1) is 10.7. The number of aliphatic imine (C=N–C) groups is 1. The van der Waals surface area contributed by atoms with Crippen molar-refractivity contribution in [3.05, 3.63) is 23.9 Å². The van der Waals surface area contributed by atoms with Crippen LogP contribution < -0.4 is 15.4 Å². The van der Waals surface area contributed by atoms with Crippen LogP contribution in [0, 0.1) is 5.92 Å². The number of guanidine groups is 1. The molecule has 0 bridgehead atoms. The van der Waals surface area contributed by atoms with Crippen LogP contribution >= 0.6 is 0 Å². The first-order valence-corrected chi connectivity index (χ1v) is 8.23. The molecule has 1 aliphatic rings. The van der Waals surface area contributed by atoms with Crippen LogP contribution in [-0.2, 0) is 6.54 Å². The summed E-state index contributed by atoms with van der Waals surface area (Å²) >= 11 is 0. The van der Waals surface area contributed by atoms with E-state index in [1.807, 2.05) is 18.3 Å². The highest BCUT2D eigenvalue weighted by Crippen LogP contribution is 2.23. The molecule has 0 saturated heterocycles. The van der Waals surface area contributed by atoms with Gasteiger partial charge in [0.05, 0.1) is 0 Å². The normalized spacial score (nSPS) is 16.1. The van der Waals surface area contributed by atoms with Crippen LogP contribution in [0.1, 0.15) is 45.1 Å². The van der Waals surface area contributed by atoms with Gasteiger partial charge in [-0.1, -0.05) is 13.8 Å². The number of hydrogen-bond donors (Lipinski definition) is 2. The van der Waals surface area contributed by atoms with Crippen LogP contribution in [0.25, 0.3) is 0 Å². The zero-order valence-corrected chi connectivity index (χ0v) is 13.9. The van der Waals surface area contributed by atoms with Crippen LogP contribution in [0.2, 0.25) is 0 Å². The molecule has 1 aromatic rings. The van der Waals surface area contributed by atoms with E-state index in [0.717, 1.165) is 36.8 Å². The van der Waals surface area contributed by atoms with Gasteiger partial charge >= 0.3 is 0 Å². The van der Waals surface area contributed by atoms with Crippen molar-refractivity contribution >= 4 is 5.96 Å². The Labute approximate surface area is 133 Å². The minimum absolute atomic E-state index is 0.344. The van der Waals surface area contributed by atoms with E-state index in [2.05, 4.69) is 34.5 Å². The van der Waals surface area contributed by atoms with Gasteiger partial charge in [-0.25, -0.2) is 4.98 Å². The first kappa shape index (κ1) is 16.6. The van der Waals surface area contributed by atoms with Gasteiger partial charge in [-0.15, -0.1) is 0 Å². The second kappa shape index (κ2) is 8.61. The second-order valence-electron chi connectivity index (χ2n) is 6.23. The molecule has 0 aromatic carbocycles. The minimum Gasteiger partial charge on any atom is -0.474 e. The molecule has 122 valence electrons. The molecular formula is C17H28N4O. The summed E-state index contributed by atoms with van der Waals surface area (Å²) in [6, 6.07) is 4.02. The van der Waals surface area contributed by atoms with Crippen molar-refractivity contribution < 1.29 is 4.74 Å². The highest BCUT2D eigenvalue weighted by molar-refractivity contribution is 5.79. The van der Waals surface area contributed by atoms with E-state index in [-0.39, 0.29) is 0 Å². The molecule has 1 saturated carbocycles. The summed E-state index contributed by atoms with van der Waals surface area (Å²) in [5.41, 5.74) is 1.15. The standard InChI is InChI=1S/C17H28N4O/c1-13(2)11-20-17(18-3)21-12-14-8-9-19-16(10-14)22-15-6-4-5-7-15/h8-10,13,15H,4-7,11-12H2,1-3H3,(H2,18,20,21). The Hall–Kier alpha value is -1.78. The third-order valence-corrected chi connectivity index (χ3v) is 3.75. The fourth-order valence-electron chi connectivity index (χ4n) is 2.51. The van der Waals surface area contributed by atoms with E-state index in [0.29, 0.717) is 18.6 Å². The van der Waals surface area contributed by atoms with Crippen molar-refractivity contribution in [2.24, 2.45) is 10.9 Å². The van der Waals surface area contributed by atoms with Gasteiger partial charge in [-0.2, -0.15) is 0 Å². The number of hydrogen-bond acceptors (Lipinski definition) is 3. The summed E-state index contributed by atoms with van der Waals surface area (Å²) in [5, 5.41) is 6.62. The lowest BCUT2D eigenvalue weighted by Crippen LogP contribution is -2.38. The zero-order valence-electron chi connectivity index (χ0n) is 13.9. The molecule has 1 fully saturated rings. The van der Waals surface area contributed by atoms with E-state index < -0.39 is 0 Å². The molecule has 22 heavy (non-hydrogen) atoms. The molecule has 5 heteroatoms. The van der Waals surface area contributed by atoms with E-state index in [9.17, 15) is 0 Å². The molecule has 1 heterocycles. The van der Waals surface area contributed by atoms with Gasteiger partial charge in [0.15, 0.2) is 5.96 Å². The predicted octanol–water partition coefficient (Wildman–Crippen LogP) is 2.72. The Morgan fingerprint density at radius 3 is 2.82 bits per heavy atom. The smallest absolute Gasteiger partial charge is 0.213 e. The molecule has 0 aliphatic heterocycles. The number of aromatic nitrogens is 1. The second-order valence-corrected chi connectivity index (χ2v) is 6.23. The van der Waals surface area contributed by atoms with Gasteiger partial charge in [0.1, 0.15) is 6.10 Å². The zero-order chi connectivity index (χ0) is 15.8. The van der Waals surface area contributed by atoms with Gasteiger partial charge in [0.2, 0.25) is 5.88 Å². The number of nitrogens with zero attached hydrogens (tertiary/aromatic N) is 2. The Morgan fingerprint density at radius 1 is 1.36 bits per heavy atom. The molecule has 2 N–H and O–H groups in total. The minimum atomic E-state index is 0.344. The molecule has 1 aromatic heterocycles. The van der Waals surface area contributed by atoms with Crippen molar-refractivity contribution in [1.82, 2.24) is 15.6 Å². The number of nitrogens with one attached hydrogen (secondary N) is 2. The van der Waals surface area contributed by atoms with Crippen LogP contribution in [-0.4, -0.2) is 30.6 Å². The predicted molar refractivity (Wildman–Crippen MR) is 90.2 cm³/mol. The molecule has 0 unspecified atom stereocenters. The Balaban J connectivity index is 1.84. The van der Waals surface area contributed by atoms with Gasteiger partial charge < -0.3 is 15.4 Å². The number of ether oxygens (including phenoxy) is 1. The Kier molecular flexibility index (Phi) is 6.49. The van der Waals surface area contributed by atoms with Crippen molar-refractivity contribution in [3.63, 3.8) is 0 Å². The van der Waals surface area contributed by atoms with E-state index >= 15 is 0 Å². The molecule has 0 amide bonds. The van der Waals surface area contributed by atoms with Gasteiger partial charge in [0, 0.05) is 32.4 Å². The molecule has 0 spiro atoms. The van der Waals surface area contributed by atoms with Crippen molar-refractivity contribution in [2.75, 3.05) is 13.6 Å². The molecular weight excluding hydrogens is 276 g/mol. The van der Waals surface area contributed by atoms with E-state index in [1.54, 1.807) is 7.05 Å². The lowest BCUT2D eigenvalue weighted by atomic mass is 10.2. The quantitative estimate of drug-likeness (QED) is 0.627. The number of pyridine rings is 1. The molecule has 5 nitrogen and oxygen atoms in total. The molecule has 2 rings (SSSR count). The highest BCUT2D eigenvalue weighted by atomic mass is 16.5. The summed E-state index contributed by atoms with van der Waals surface area (Å²) in [7, 11) is 1.79. The van der Waals surface area contributed by atoms with Crippen molar-refractivity contribution in [2.45, 2.75) is 52.2 Å². The largest absolute Gasteiger partial charge is 0.474 e. The average molecular weight is 304 g/mol. The van der Waals surface area contributed by atoms with Crippen LogP contribution in [0.4, 0.5) is 0 Å². The number of rotatable bonds is 6. The first-order valence-electron chi connectivity index (χ1n) is 8.23. The SMILES string of the molecule is CN=C(NCc1ccnc(OC2CCCC2)c1)NCC(C)C. The maximum atomic E-state index is 5.94. The van der Waals surface area contributed by atoms with Gasteiger partial charge in [-0.3, -0.25) is 4.99 Å². The molecule has 0 radical (unpaired) electrons. The summed E-state index contributed by atoms with van der Waals surface area (Å²) in [6.07, 6.45) is 6.99. The Morgan fingerprint density at radius 2 is 2.14 bits per heavy atom. The van der Waals surface area contributed by atoms with E-state index in [4.69, 9.17) is 4.74 Å². The van der Waals surface area contributed by atoms with Crippen molar-refractivity contribution in [3.8, 4) is 5.88 Å². The molecule has 1 aliphatic carbocycles. The fourth-order valence-corrected chi connectivity index (χ4v) is 2.51. The monoisotopic (exact) mass is 304 g/mol. The van der Waals surface area contributed by atoms with E-state index in [1.165, 1.54) is 12.8 Å². The summed E-state index contributed by atoms with van der Waals surface area (Å²) < 4.78 is 5.94. The van der Waals surface area contributed by atoms with Crippen LogP contribution in [0.3, 0.4) is 0 Å². The average Bonchev–Trinajstić information content (AvgIpc) is 3.00. The van der Waals surface area contributed by atoms with Gasteiger partial charge in [-0.05, 0) is 43.2 Å². The summed E-state index contributed by atoms with van der Waals surface area (Å²) in [6.45, 7) is 5.97.